The zero-order valence-corrected chi connectivity index (χ0v) is 26.6. The van der Waals surface area contributed by atoms with Crippen molar-refractivity contribution < 1.29 is 21.6 Å². The predicted octanol–water partition coefficient (Wildman–Crippen LogP) is 3.93. The molecule has 2 heterocycles. The SMILES string of the molecule is Cc1cc(C)cc(-n2c(C)cc(/C=N/NC(=O)C3CN(S(=O)(=O)c4ccccc4)CCN3S(=O)(=O)c3ccccc3)c2C)c1. The van der Waals surface area contributed by atoms with E-state index in [0.717, 1.165) is 42.4 Å². The van der Waals surface area contributed by atoms with E-state index in [1.165, 1.54) is 30.5 Å². The first-order chi connectivity index (χ1) is 20.9. The fraction of sp³-hybridized carbons (Fsp3) is 0.250. The lowest BCUT2D eigenvalue weighted by Crippen LogP contribution is -2.60. The number of amides is 1. The molecule has 0 spiro atoms. The summed E-state index contributed by atoms with van der Waals surface area (Å²) in [4.78, 5) is 13.7. The topological polar surface area (TPSA) is 121 Å². The van der Waals surface area contributed by atoms with Gasteiger partial charge >= 0.3 is 0 Å². The van der Waals surface area contributed by atoms with Crippen molar-refractivity contribution in [3.05, 3.63) is 113 Å². The zero-order chi connectivity index (χ0) is 31.6. The van der Waals surface area contributed by atoms with Gasteiger partial charge in [0.05, 0.1) is 16.0 Å². The Kier molecular flexibility index (Phi) is 8.89. The number of rotatable bonds is 8. The lowest BCUT2D eigenvalue weighted by Gasteiger charge is -2.38. The Morgan fingerprint density at radius 1 is 0.795 bits per heavy atom. The molecule has 44 heavy (non-hydrogen) atoms. The molecule has 1 aliphatic heterocycles. The summed E-state index contributed by atoms with van der Waals surface area (Å²) >= 11 is 0. The summed E-state index contributed by atoms with van der Waals surface area (Å²) in [5, 5.41) is 4.17. The normalized spacial score (nSPS) is 16.8. The largest absolute Gasteiger partial charge is 0.318 e. The number of sulfonamides is 2. The molecular weight excluding hydrogens is 599 g/mol. The smallest absolute Gasteiger partial charge is 0.259 e. The van der Waals surface area contributed by atoms with Crippen LogP contribution in [0.5, 0.6) is 0 Å². The molecule has 12 heteroatoms. The third-order valence-corrected chi connectivity index (χ3v) is 11.4. The van der Waals surface area contributed by atoms with Crippen LogP contribution in [0.2, 0.25) is 0 Å². The van der Waals surface area contributed by atoms with Gasteiger partial charge in [0.2, 0.25) is 20.0 Å². The zero-order valence-electron chi connectivity index (χ0n) is 25.0. The Bertz CT molecular complexity index is 1900. The van der Waals surface area contributed by atoms with Crippen LogP contribution >= 0.6 is 0 Å². The molecule has 1 aliphatic rings. The molecule has 1 N–H and O–H groups in total. The van der Waals surface area contributed by atoms with Gasteiger partial charge in [-0.2, -0.15) is 13.7 Å². The van der Waals surface area contributed by atoms with Crippen molar-refractivity contribution in [2.75, 3.05) is 19.6 Å². The number of nitrogens with one attached hydrogen (secondary N) is 1. The minimum absolute atomic E-state index is 0.0134. The van der Waals surface area contributed by atoms with Gasteiger partial charge in [0.15, 0.2) is 0 Å². The number of carbonyl (C=O) groups excluding carboxylic acids is 1. The van der Waals surface area contributed by atoms with Gasteiger partial charge < -0.3 is 4.57 Å². The summed E-state index contributed by atoms with van der Waals surface area (Å²) in [5.41, 5.74) is 8.44. The van der Waals surface area contributed by atoms with Crippen molar-refractivity contribution in [1.82, 2.24) is 18.6 Å². The summed E-state index contributed by atoms with van der Waals surface area (Å²) in [6.45, 7) is 7.34. The van der Waals surface area contributed by atoms with Gasteiger partial charge in [-0.3, -0.25) is 4.79 Å². The Hall–Kier alpha value is -4.10. The number of hydrogen-bond acceptors (Lipinski definition) is 6. The number of hydrazone groups is 1. The molecule has 10 nitrogen and oxygen atoms in total. The first-order valence-corrected chi connectivity index (χ1v) is 17.0. The molecule has 1 aromatic heterocycles. The van der Waals surface area contributed by atoms with E-state index in [-0.39, 0.29) is 29.4 Å². The van der Waals surface area contributed by atoms with Crippen LogP contribution in [0.25, 0.3) is 5.69 Å². The number of nitrogens with zero attached hydrogens (tertiary/aromatic N) is 4. The van der Waals surface area contributed by atoms with Gasteiger partial charge in [-0.15, -0.1) is 0 Å². The fourth-order valence-corrected chi connectivity index (χ4v) is 8.62. The van der Waals surface area contributed by atoms with Crippen molar-refractivity contribution in [3.8, 4) is 5.69 Å². The highest BCUT2D eigenvalue weighted by molar-refractivity contribution is 7.89. The van der Waals surface area contributed by atoms with Gasteiger partial charge in [-0.1, -0.05) is 42.5 Å². The quantitative estimate of drug-likeness (QED) is 0.233. The van der Waals surface area contributed by atoms with E-state index in [4.69, 9.17) is 0 Å². The molecule has 1 unspecified atom stereocenters. The van der Waals surface area contributed by atoms with Crippen LogP contribution in [0.15, 0.2) is 99.8 Å². The van der Waals surface area contributed by atoms with Crippen LogP contribution in [0.1, 0.15) is 28.1 Å². The second kappa shape index (κ2) is 12.5. The van der Waals surface area contributed by atoms with Crippen molar-refractivity contribution in [2.45, 2.75) is 43.5 Å². The second-order valence-corrected chi connectivity index (χ2v) is 14.7. The minimum atomic E-state index is -4.12. The maximum Gasteiger partial charge on any atom is 0.259 e. The number of piperazine rings is 1. The van der Waals surface area contributed by atoms with E-state index >= 15 is 0 Å². The van der Waals surface area contributed by atoms with E-state index < -0.39 is 32.0 Å². The van der Waals surface area contributed by atoms with E-state index in [2.05, 4.69) is 33.3 Å². The van der Waals surface area contributed by atoms with Crippen LogP contribution in [0.3, 0.4) is 0 Å². The highest BCUT2D eigenvalue weighted by atomic mass is 32.2. The molecule has 1 saturated heterocycles. The number of hydrogen-bond donors (Lipinski definition) is 1. The van der Waals surface area contributed by atoms with Gasteiger partial charge in [-0.05, 0) is 81.3 Å². The van der Waals surface area contributed by atoms with Crippen LogP contribution in [0.4, 0.5) is 0 Å². The number of carbonyl (C=O) groups is 1. The molecule has 230 valence electrons. The predicted molar refractivity (Wildman–Crippen MR) is 170 cm³/mol. The maximum atomic E-state index is 13.6. The maximum absolute atomic E-state index is 13.6. The molecule has 1 atom stereocenters. The van der Waals surface area contributed by atoms with Gasteiger partial charge in [-0.25, -0.2) is 22.3 Å². The second-order valence-electron chi connectivity index (χ2n) is 10.9. The molecule has 5 rings (SSSR count). The third-order valence-electron chi connectivity index (χ3n) is 7.64. The summed E-state index contributed by atoms with van der Waals surface area (Å²) in [5.74, 6) is -0.739. The monoisotopic (exact) mass is 633 g/mol. The fourth-order valence-electron chi connectivity index (χ4n) is 5.57. The first-order valence-electron chi connectivity index (χ1n) is 14.1. The standard InChI is InChI=1S/C32H35N5O5S2/c1-23-17-24(2)19-28(18-23)37-25(3)20-27(26(37)4)21-33-34-32(38)31-22-35(43(39,40)29-11-7-5-8-12-29)15-16-36(31)44(41,42)30-13-9-6-10-14-30/h5-14,17-21,31H,15-16,22H2,1-4H3,(H,34,38)/b33-21+. The average Bonchev–Trinajstić information content (AvgIpc) is 3.29. The third kappa shape index (κ3) is 6.25. The molecule has 0 aliphatic carbocycles. The highest BCUT2D eigenvalue weighted by Crippen LogP contribution is 2.26. The van der Waals surface area contributed by atoms with Crippen LogP contribution in [0, 0.1) is 27.7 Å². The minimum Gasteiger partial charge on any atom is -0.318 e. The molecule has 0 bridgehead atoms. The van der Waals surface area contributed by atoms with Gasteiger partial charge in [0.1, 0.15) is 6.04 Å². The molecule has 0 saturated carbocycles. The Morgan fingerprint density at radius 3 is 1.95 bits per heavy atom. The molecule has 4 aromatic rings. The molecule has 0 radical (unpaired) electrons. The van der Waals surface area contributed by atoms with Crippen molar-refractivity contribution in [2.24, 2.45) is 5.10 Å². The van der Waals surface area contributed by atoms with Crippen molar-refractivity contribution in [1.29, 1.82) is 0 Å². The Morgan fingerprint density at radius 2 is 1.36 bits per heavy atom. The molecular formula is C32H35N5O5S2. The van der Waals surface area contributed by atoms with E-state index in [1.807, 2.05) is 33.8 Å². The lowest BCUT2D eigenvalue weighted by molar-refractivity contribution is -0.125. The Labute approximate surface area is 258 Å². The molecule has 1 amide bonds. The summed E-state index contributed by atoms with van der Waals surface area (Å²) in [7, 11) is -8.09. The number of aromatic nitrogens is 1. The molecule has 3 aromatic carbocycles. The Balaban J connectivity index is 1.42. The van der Waals surface area contributed by atoms with E-state index in [0.29, 0.717) is 0 Å². The first kappa shape index (κ1) is 31.3. The van der Waals surface area contributed by atoms with Crippen molar-refractivity contribution >= 4 is 32.2 Å². The van der Waals surface area contributed by atoms with Crippen LogP contribution < -0.4 is 5.43 Å². The van der Waals surface area contributed by atoms with Gasteiger partial charge in [0.25, 0.3) is 5.91 Å². The average molecular weight is 634 g/mol. The van der Waals surface area contributed by atoms with Gasteiger partial charge in [0, 0.05) is 42.3 Å². The number of benzene rings is 3. The summed E-state index contributed by atoms with van der Waals surface area (Å²) in [6, 6.07) is 22.5. The van der Waals surface area contributed by atoms with E-state index in [9.17, 15) is 21.6 Å². The van der Waals surface area contributed by atoms with Crippen molar-refractivity contribution in [3.63, 3.8) is 0 Å². The highest BCUT2D eigenvalue weighted by Gasteiger charge is 2.43. The lowest BCUT2D eigenvalue weighted by atomic mass is 10.1. The number of aryl methyl sites for hydroxylation is 3. The molecule has 1 fully saturated rings. The van der Waals surface area contributed by atoms with Crippen LogP contribution in [-0.2, 0) is 24.8 Å². The van der Waals surface area contributed by atoms with Crippen LogP contribution in [-0.4, -0.2) is 67.8 Å². The summed E-state index contributed by atoms with van der Waals surface area (Å²) < 4.78 is 58.4. The van der Waals surface area contributed by atoms with E-state index in [1.54, 1.807) is 36.4 Å². The summed E-state index contributed by atoms with van der Waals surface area (Å²) in [6.07, 6.45) is 1.51.